The van der Waals surface area contributed by atoms with Crippen LogP contribution in [0.15, 0.2) is 18.2 Å². The molecular formula is C15H21BO3. The Kier molecular flexibility index (Phi) is 3.58. The van der Waals surface area contributed by atoms with Crippen molar-refractivity contribution in [3.05, 3.63) is 29.3 Å². The third-order valence-electron chi connectivity index (χ3n) is 4.16. The molecule has 0 radical (unpaired) electrons. The minimum Gasteiger partial charge on any atom is -0.399 e. The number of carbonyl (C=O) groups is 1. The molecule has 0 aromatic heterocycles. The summed E-state index contributed by atoms with van der Waals surface area (Å²) in [6.07, 6.45) is 1.37. The normalized spacial score (nSPS) is 20.6. The summed E-state index contributed by atoms with van der Waals surface area (Å²) in [4.78, 5) is 10.5. The van der Waals surface area contributed by atoms with Gasteiger partial charge in [0.15, 0.2) is 0 Å². The van der Waals surface area contributed by atoms with E-state index in [1.807, 2.05) is 52.8 Å². The molecule has 2 rings (SSSR count). The molecule has 19 heavy (non-hydrogen) atoms. The van der Waals surface area contributed by atoms with Gasteiger partial charge in [0.1, 0.15) is 6.29 Å². The van der Waals surface area contributed by atoms with Gasteiger partial charge in [-0.2, -0.15) is 0 Å². The molecule has 1 heterocycles. The summed E-state index contributed by atoms with van der Waals surface area (Å²) < 4.78 is 12.1. The first-order chi connectivity index (χ1) is 8.77. The molecule has 4 heteroatoms. The molecule has 0 saturated carbocycles. The predicted molar refractivity (Wildman–Crippen MR) is 76.7 cm³/mol. The highest BCUT2D eigenvalue weighted by molar-refractivity contribution is 6.62. The van der Waals surface area contributed by atoms with Crippen LogP contribution in [0, 0.1) is 6.92 Å². The highest BCUT2D eigenvalue weighted by Gasteiger charge is 2.51. The average Bonchev–Trinajstić information content (AvgIpc) is 2.48. The van der Waals surface area contributed by atoms with Crippen LogP contribution in [0.25, 0.3) is 0 Å². The predicted octanol–water partition coefficient (Wildman–Crippen LogP) is 2.04. The van der Waals surface area contributed by atoms with Crippen LogP contribution in [0.2, 0.25) is 0 Å². The van der Waals surface area contributed by atoms with E-state index in [0.29, 0.717) is 6.42 Å². The lowest BCUT2D eigenvalue weighted by atomic mass is 9.75. The highest BCUT2D eigenvalue weighted by atomic mass is 16.7. The molecule has 1 aliphatic rings. The van der Waals surface area contributed by atoms with Gasteiger partial charge in [-0.05, 0) is 45.6 Å². The number of rotatable bonds is 3. The summed E-state index contributed by atoms with van der Waals surface area (Å²) in [5.41, 5.74) is 2.50. The molecule has 0 aliphatic carbocycles. The molecule has 1 aromatic carbocycles. The van der Waals surface area contributed by atoms with Crippen molar-refractivity contribution in [3.8, 4) is 0 Å². The number of benzene rings is 1. The SMILES string of the molecule is Cc1cc(CC=O)ccc1B1OC(C)(C)C(C)(C)O1. The molecule has 0 bridgehead atoms. The molecule has 1 saturated heterocycles. The molecule has 1 fully saturated rings. The van der Waals surface area contributed by atoms with Crippen molar-refractivity contribution in [2.24, 2.45) is 0 Å². The number of aryl methyl sites for hydroxylation is 1. The lowest BCUT2D eigenvalue weighted by Crippen LogP contribution is -2.41. The Balaban J connectivity index is 2.27. The Labute approximate surface area is 115 Å². The zero-order valence-electron chi connectivity index (χ0n) is 12.3. The molecule has 1 aliphatic heterocycles. The van der Waals surface area contributed by atoms with Crippen LogP contribution < -0.4 is 5.46 Å². The van der Waals surface area contributed by atoms with E-state index in [2.05, 4.69) is 0 Å². The van der Waals surface area contributed by atoms with E-state index in [0.717, 1.165) is 22.9 Å². The third-order valence-corrected chi connectivity index (χ3v) is 4.16. The van der Waals surface area contributed by atoms with Crippen LogP contribution in [0.5, 0.6) is 0 Å². The van der Waals surface area contributed by atoms with E-state index < -0.39 is 0 Å². The van der Waals surface area contributed by atoms with Gasteiger partial charge >= 0.3 is 7.12 Å². The van der Waals surface area contributed by atoms with Gasteiger partial charge in [0, 0.05) is 6.42 Å². The van der Waals surface area contributed by atoms with Crippen molar-refractivity contribution in [3.63, 3.8) is 0 Å². The standard InChI is InChI=1S/C15H21BO3/c1-11-10-12(8-9-17)6-7-13(11)16-18-14(2,3)15(4,5)19-16/h6-7,9-10H,8H2,1-5H3. The Morgan fingerprint density at radius 1 is 1.16 bits per heavy atom. The first-order valence-electron chi connectivity index (χ1n) is 6.65. The summed E-state index contributed by atoms with van der Waals surface area (Å²) >= 11 is 0. The maximum absolute atomic E-state index is 10.5. The average molecular weight is 260 g/mol. The maximum atomic E-state index is 10.5. The maximum Gasteiger partial charge on any atom is 0.495 e. The lowest BCUT2D eigenvalue weighted by molar-refractivity contribution is -0.107. The van der Waals surface area contributed by atoms with Crippen molar-refractivity contribution in [2.45, 2.75) is 52.2 Å². The molecule has 3 nitrogen and oxygen atoms in total. The van der Waals surface area contributed by atoms with Gasteiger partial charge < -0.3 is 14.1 Å². The van der Waals surface area contributed by atoms with Gasteiger partial charge in [-0.1, -0.05) is 23.8 Å². The van der Waals surface area contributed by atoms with Gasteiger partial charge in [0.25, 0.3) is 0 Å². The molecule has 102 valence electrons. The quantitative estimate of drug-likeness (QED) is 0.616. The molecule has 0 atom stereocenters. The Bertz CT molecular complexity index is 478. The number of aldehydes is 1. The van der Waals surface area contributed by atoms with E-state index in [9.17, 15) is 4.79 Å². The van der Waals surface area contributed by atoms with E-state index >= 15 is 0 Å². The number of hydrogen-bond acceptors (Lipinski definition) is 3. The molecule has 1 aromatic rings. The summed E-state index contributed by atoms with van der Waals surface area (Å²) in [5, 5.41) is 0. The van der Waals surface area contributed by atoms with Crippen LogP contribution in [-0.2, 0) is 20.5 Å². The zero-order chi connectivity index (χ0) is 14.3. The summed E-state index contributed by atoms with van der Waals surface area (Å²) in [6, 6.07) is 5.98. The van der Waals surface area contributed by atoms with Crippen LogP contribution in [0.3, 0.4) is 0 Å². The van der Waals surface area contributed by atoms with E-state index in [1.54, 1.807) is 0 Å². The first-order valence-corrected chi connectivity index (χ1v) is 6.65. The third kappa shape index (κ3) is 2.60. The van der Waals surface area contributed by atoms with Crippen molar-refractivity contribution in [1.29, 1.82) is 0 Å². The van der Waals surface area contributed by atoms with Gasteiger partial charge in [-0.25, -0.2) is 0 Å². The minimum absolute atomic E-state index is 0.328. The molecule has 0 unspecified atom stereocenters. The van der Waals surface area contributed by atoms with Gasteiger partial charge in [0.05, 0.1) is 11.2 Å². The Hall–Kier alpha value is -1.13. The molecule has 0 spiro atoms. The van der Waals surface area contributed by atoms with E-state index in [-0.39, 0.29) is 18.3 Å². The van der Waals surface area contributed by atoms with E-state index in [1.165, 1.54) is 0 Å². The smallest absolute Gasteiger partial charge is 0.399 e. The highest BCUT2D eigenvalue weighted by Crippen LogP contribution is 2.36. The summed E-state index contributed by atoms with van der Waals surface area (Å²) in [7, 11) is -0.338. The summed E-state index contributed by atoms with van der Waals surface area (Å²) in [5.74, 6) is 0. The van der Waals surface area contributed by atoms with Gasteiger partial charge in [-0.15, -0.1) is 0 Å². The number of carbonyl (C=O) groups excluding carboxylic acids is 1. The summed E-state index contributed by atoms with van der Waals surface area (Å²) in [6.45, 7) is 10.2. The molecule has 0 amide bonds. The minimum atomic E-state index is -0.338. The Morgan fingerprint density at radius 3 is 2.21 bits per heavy atom. The van der Waals surface area contributed by atoms with Crippen LogP contribution in [0.4, 0.5) is 0 Å². The van der Waals surface area contributed by atoms with E-state index in [4.69, 9.17) is 9.31 Å². The number of hydrogen-bond donors (Lipinski definition) is 0. The fraction of sp³-hybridized carbons (Fsp3) is 0.533. The Morgan fingerprint density at radius 2 is 1.74 bits per heavy atom. The second kappa shape index (κ2) is 4.76. The van der Waals surface area contributed by atoms with Crippen LogP contribution in [0.1, 0.15) is 38.8 Å². The van der Waals surface area contributed by atoms with Crippen molar-refractivity contribution in [2.75, 3.05) is 0 Å². The molecule has 0 N–H and O–H groups in total. The molecular weight excluding hydrogens is 239 g/mol. The van der Waals surface area contributed by atoms with Crippen molar-refractivity contribution >= 4 is 18.9 Å². The monoisotopic (exact) mass is 260 g/mol. The van der Waals surface area contributed by atoms with Crippen LogP contribution in [-0.4, -0.2) is 24.6 Å². The zero-order valence-corrected chi connectivity index (χ0v) is 12.3. The largest absolute Gasteiger partial charge is 0.495 e. The first kappa shape index (κ1) is 14.3. The topological polar surface area (TPSA) is 35.5 Å². The van der Waals surface area contributed by atoms with Gasteiger partial charge in [-0.3, -0.25) is 0 Å². The second-order valence-corrected chi connectivity index (χ2v) is 6.15. The van der Waals surface area contributed by atoms with Crippen molar-refractivity contribution < 1.29 is 14.1 Å². The van der Waals surface area contributed by atoms with Gasteiger partial charge in [0.2, 0.25) is 0 Å². The fourth-order valence-electron chi connectivity index (χ4n) is 2.20. The second-order valence-electron chi connectivity index (χ2n) is 6.15. The van der Waals surface area contributed by atoms with Crippen LogP contribution >= 0.6 is 0 Å². The van der Waals surface area contributed by atoms with Crippen molar-refractivity contribution in [1.82, 2.24) is 0 Å². The lowest BCUT2D eigenvalue weighted by Gasteiger charge is -2.32. The fourth-order valence-corrected chi connectivity index (χ4v) is 2.20.